The molecule has 0 saturated carbocycles. The Morgan fingerprint density at radius 3 is 2.67 bits per heavy atom. The van der Waals surface area contributed by atoms with Crippen molar-refractivity contribution in [1.29, 1.82) is 0 Å². The van der Waals surface area contributed by atoms with Crippen LogP contribution in [-0.2, 0) is 17.6 Å². The van der Waals surface area contributed by atoms with Gasteiger partial charge >= 0.3 is 0 Å². The van der Waals surface area contributed by atoms with Gasteiger partial charge in [0.15, 0.2) is 17.5 Å². The van der Waals surface area contributed by atoms with E-state index < -0.39 is 29.0 Å². The van der Waals surface area contributed by atoms with Crippen molar-refractivity contribution >= 4 is 22.6 Å². The van der Waals surface area contributed by atoms with Gasteiger partial charge in [0.1, 0.15) is 5.58 Å². The Labute approximate surface area is 136 Å². The number of carbonyl (C=O) groups is 1. The Morgan fingerprint density at radius 1 is 1.12 bits per heavy atom. The molecule has 2 aromatic carbocycles. The number of nitrogens with one attached hydrogen (secondary N) is 1. The second-order valence-corrected chi connectivity index (χ2v) is 5.39. The number of amides is 1. The summed E-state index contributed by atoms with van der Waals surface area (Å²) in [6.07, 6.45) is 2.25. The minimum atomic E-state index is -1.62. The fourth-order valence-electron chi connectivity index (χ4n) is 2.47. The molecule has 0 radical (unpaired) electrons. The van der Waals surface area contributed by atoms with E-state index in [-0.39, 0.29) is 6.42 Å². The second kappa shape index (κ2) is 6.39. The number of carbonyl (C=O) groups excluding carboxylic acids is 1. The maximum atomic E-state index is 13.6. The zero-order valence-corrected chi connectivity index (χ0v) is 12.8. The Bertz CT molecular complexity index is 918. The second-order valence-electron chi connectivity index (χ2n) is 5.39. The molecule has 0 aliphatic rings. The predicted molar refractivity (Wildman–Crippen MR) is 84.2 cm³/mol. The Hall–Kier alpha value is -2.76. The summed E-state index contributed by atoms with van der Waals surface area (Å²) < 4.78 is 45.1. The maximum absolute atomic E-state index is 13.6. The van der Waals surface area contributed by atoms with E-state index in [9.17, 15) is 18.0 Å². The van der Waals surface area contributed by atoms with E-state index in [1.807, 2.05) is 25.1 Å². The molecular weight excluding hydrogens is 319 g/mol. The quantitative estimate of drug-likeness (QED) is 0.709. The van der Waals surface area contributed by atoms with Gasteiger partial charge in [0.05, 0.1) is 18.4 Å². The molecular formula is C18H14F3NO2. The summed E-state index contributed by atoms with van der Waals surface area (Å²) in [5.41, 5.74) is 2.00. The smallest absolute Gasteiger partial charge is 0.229 e. The molecule has 6 heteroatoms. The molecule has 3 nitrogen and oxygen atoms in total. The van der Waals surface area contributed by atoms with E-state index in [2.05, 4.69) is 5.32 Å². The number of furan rings is 1. The number of halogens is 3. The van der Waals surface area contributed by atoms with Crippen LogP contribution in [0.5, 0.6) is 0 Å². The summed E-state index contributed by atoms with van der Waals surface area (Å²) in [6.45, 7) is 2.02. The van der Waals surface area contributed by atoms with Crippen molar-refractivity contribution in [2.24, 2.45) is 0 Å². The van der Waals surface area contributed by atoms with E-state index >= 15 is 0 Å². The molecule has 0 aliphatic heterocycles. The summed E-state index contributed by atoms with van der Waals surface area (Å²) in [6, 6.07) is 7.43. The lowest BCUT2D eigenvalue weighted by Gasteiger charge is -2.07. The minimum absolute atomic E-state index is 0.0725. The highest BCUT2D eigenvalue weighted by molar-refractivity contribution is 5.95. The molecule has 24 heavy (non-hydrogen) atoms. The van der Waals surface area contributed by atoms with E-state index in [1.54, 1.807) is 0 Å². The van der Waals surface area contributed by atoms with Crippen molar-refractivity contribution in [1.82, 2.24) is 0 Å². The van der Waals surface area contributed by atoms with Gasteiger partial charge in [-0.3, -0.25) is 4.79 Å². The van der Waals surface area contributed by atoms with Gasteiger partial charge in [-0.05, 0) is 30.2 Å². The average molecular weight is 333 g/mol. The lowest BCUT2D eigenvalue weighted by Crippen LogP contribution is -2.16. The number of rotatable bonds is 4. The first-order chi connectivity index (χ1) is 11.5. The van der Waals surface area contributed by atoms with Crippen molar-refractivity contribution < 1.29 is 22.4 Å². The fraction of sp³-hybridized carbons (Fsp3) is 0.167. The van der Waals surface area contributed by atoms with Crippen molar-refractivity contribution in [2.45, 2.75) is 19.8 Å². The van der Waals surface area contributed by atoms with Crippen LogP contribution in [0.1, 0.15) is 18.1 Å². The van der Waals surface area contributed by atoms with Crippen LogP contribution in [0.4, 0.5) is 18.9 Å². The average Bonchev–Trinajstić information content (AvgIpc) is 2.97. The van der Waals surface area contributed by atoms with Gasteiger partial charge in [-0.25, -0.2) is 13.2 Å². The number of hydrogen-bond donors (Lipinski definition) is 1. The van der Waals surface area contributed by atoms with Gasteiger partial charge in [-0.2, -0.15) is 0 Å². The van der Waals surface area contributed by atoms with Gasteiger partial charge < -0.3 is 9.73 Å². The van der Waals surface area contributed by atoms with Crippen LogP contribution >= 0.6 is 0 Å². The van der Waals surface area contributed by atoms with Gasteiger partial charge in [0.2, 0.25) is 5.91 Å². The highest BCUT2D eigenvalue weighted by Crippen LogP contribution is 2.24. The third-order valence-corrected chi connectivity index (χ3v) is 3.79. The Balaban J connectivity index is 1.79. The van der Waals surface area contributed by atoms with E-state index in [0.717, 1.165) is 29.5 Å². The van der Waals surface area contributed by atoms with Crippen molar-refractivity contribution in [3.63, 3.8) is 0 Å². The zero-order chi connectivity index (χ0) is 17.3. The highest BCUT2D eigenvalue weighted by Gasteiger charge is 2.16. The standard InChI is InChI=1S/C18H14F3NO2/c1-2-10-3-4-12-11(9-24-15(12)7-10)8-16(23)22-14-6-5-13(19)17(20)18(14)21/h3-7,9H,2,8H2,1H3,(H,22,23). The zero-order valence-electron chi connectivity index (χ0n) is 12.8. The topological polar surface area (TPSA) is 42.2 Å². The van der Waals surface area contributed by atoms with Crippen LogP contribution in [0, 0.1) is 17.5 Å². The number of benzene rings is 2. The molecule has 0 fully saturated rings. The number of aryl methyl sites for hydroxylation is 1. The molecule has 0 bridgehead atoms. The summed E-state index contributed by atoms with van der Waals surface area (Å²) in [7, 11) is 0. The van der Waals surface area contributed by atoms with Crippen LogP contribution in [0.2, 0.25) is 0 Å². The summed E-state index contributed by atoms with van der Waals surface area (Å²) >= 11 is 0. The van der Waals surface area contributed by atoms with Crippen LogP contribution < -0.4 is 5.32 Å². The third kappa shape index (κ3) is 2.99. The highest BCUT2D eigenvalue weighted by atomic mass is 19.2. The first kappa shape index (κ1) is 16.1. The summed E-state index contributed by atoms with van der Waals surface area (Å²) in [5, 5.41) is 3.03. The van der Waals surface area contributed by atoms with Crippen LogP contribution in [-0.4, -0.2) is 5.91 Å². The summed E-state index contributed by atoms with van der Waals surface area (Å²) in [5.74, 6) is -4.90. The molecule has 1 amide bonds. The molecule has 1 aromatic heterocycles. The largest absolute Gasteiger partial charge is 0.464 e. The first-order valence-electron chi connectivity index (χ1n) is 7.42. The van der Waals surface area contributed by atoms with Crippen LogP contribution in [0.15, 0.2) is 41.0 Å². The maximum Gasteiger partial charge on any atom is 0.229 e. The molecule has 0 unspecified atom stereocenters. The van der Waals surface area contributed by atoms with Crippen molar-refractivity contribution in [2.75, 3.05) is 5.32 Å². The molecule has 0 saturated heterocycles. The monoisotopic (exact) mass is 333 g/mol. The number of fused-ring (bicyclic) bond motifs is 1. The molecule has 1 N–H and O–H groups in total. The summed E-state index contributed by atoms with van der Waals surface area (Å²) in [4.78, 5) is 12.1. The van der Waals surface area contributed by atoms with Crippen LogP contribution in [0.3, 0.4) is 0 Å². The molecule has 124 valence electrons. The van der Waals surface area contributed by atoms with Crippen molar-refractivity contribution in [3.8, 4) is 0 Å². The van der Waals surface area contributed by atoms with Gasteiger partial charge in [0, 0.05) is 10.9 Å². The predicted octanol–water partition coefficient (Wildman–Crippen LogP) is 4.59. The first-order valence-corrected chi connectivity index (χ1v) is 7.42. The molecule has 0 aliphatic carbocycles. The normalized spacial score (nSPS) is 11.0. The number of anilines is 1. The van der Waals surface area contributed by atoms with Gasteiger partial charge in [-0.15, -0.1) is 0 Å². The minimum Gasteiger partial charge on any atom is -0.464 e. The Kier molecular flexibility index (Phi) is 4.29. The SMILES string of the molecule is CCc1ccc2c(CC(=O)Nc3ccc(F)c(F)c3F)coc2c1. The molecule has 1 heterocycles. The van der Waals surface area contributed by atoms with E-state index in [0.29, 0.717) is 11.1 Å². The molecule has 3 rings (SSSR count). The van der Waals surface area contributed by atoms with E-state index in [1.165, 1.54) is 6.26 Å². The fourth-order valence-corrected chi connectivity index (χ4v) is 2.47. The van der Waals surface area contributed by atoms with E-state index in [4.69, 9.17) is 4.42 Å². The van der Waals surface area contributed by atoms with Crippen molar-refractivity contribution in [3.05, 3.63) is 65.2 Å². The lowest BCUT2D eigenvalue weighted by molar-refractivity contribution is -0.115. The molecule has 3 aromatic rings. The Morgan fingerprint density at radius 2 is 1.92 bits per heavy atom. The molecule has 0 atom stereocenters. The van der Waals surface area contributed by atoms with Gasteiger partial charge in [-0.1, -0.05) is 19.1 Å². The van der Waals surface area contributed by atoms with Crippen LogP contribution in [0.25, 0.3) is 11.0 Å². The van der Waals surface area contributed by atoms with Gasteiger partial charge in [0.25, 0.3) is 0 Å². The number of hydrogen-bond acceptors (Lipinski definition) is 2. The lowest BCUT2D eigenvalue weighted by atomic mass is 10.1. The molecule has 0 spiro atoms. The third-order valence-electron chi connectivity index (χ3n) is 3.79.